The van der Waals surface area contributed by atoms with Crippen molar-refractivity contribution in [3.8, 4) is 6.07 Å². The Bertz CT molecular complexity index is 1400. The van der Waals surface area contributed by atoms with Gasteiger partial charge in [-0.25, -0.2) is 0 Å². The highest BCUT2D eigenvalue weighted by molar-refractivity contribution is 9.10. The molecule has 4 aromatic rings. The molecule has 0 aliphatic carbocycles. The maximum atomic E-state index is 12.3. The van der Waals surface area contributed by atoms with Crippen LogP contribution < -0.4 is 9.88 Å². The number of hydrogen-bond acceptors (Lipinski definition) is 4. The lowest BCUT2D eigenvalue weighted by molar-refractivity contribution is -0.742. The monoisotopic (exact) mass is 514 g/mol. The van der Waals surface area contributed by atoms with E-state index in [1.54, 1.807) is 0 Å². The van der Waals surface area contributed by atoms with Crippen molar-refractivity contribution in [1.82, 2.24) is 5.32 Å². The molecule has 1 aromatic heterocycles. The van der Waals surface area contributed by atoms with E-state index in [9.17, 15) is 10.4 Å². The number of thiol groups is 1. The van der Waals surface area contributed by atoms with Crippen LogP contribution in [0.25, 0.3) is 10.8 Å². The van der Waals surface area contributed by atoms with E-state index in [2.05, 4.69) is 46.0 Å². The molecule has 0 saturated carbocycles. The summed E-state index contributed by atoms with van der Waals surface area (Å²) in [7, 11) is 0. The van der Waals surface area contributed by atoms with Crippen LogP contribution in [0.3, 0.4) is 0 Å². The molecule has 33 heavy (non-hydrogen) atoms. The second-order valence-electron chi connectivity index (χ2n) is 8.13. The standard InChI is InChI=1S/C27H20BrN3OS/c28-22-12-10-19(11-13-22)24-23(16-29)26(33)30-27(32,21-8-2-1-3-9-21)25(24)31-15-14-18-6-4-5-7-20(18)17-31/h1-15,17,24-25,30,32H/p+1/t24-,25+,27+/m1/s1. The number of halogens is 1. The molecular weight excluding hydrogens is 494 g/mol. The largest absolute Gasteiger partial charge is 0.362 e. The molecule has 2 heterocycles. The summed E-state index contributed by atoms with van der Waals surface area (Å²) in [6.07, 6.45) is 3.99. The number of allylic oxidation sites excluding steroid dienone is 1. The van der Waals surface area contributed by atoms with Gasteiger partial charge in [0.25, 0.3) is 0 Å². The van der Waals surface area contributed by atoms with Crippen LogP contribution in [0, 0.1) is 11.3 Å². The number of aromatic nitrogens is 1. The minimum atomic E-state index is -1.51. The number of fused-ring (bicyclic) bond motifs is 1. The summed E-state index contributed by atoms with van der Waals surface area (Å²) in [5.74, 6) is -0.437. The number of nitrogens with one attached hydrogen (secondary N) is 1. The molecular formula is C27H21BrN3OS+. The molecule has 5 rings (SSSR count). The molecule has 2 N–H and O–H groups in total. The Morgan fingerprint density at radius 2 is 1.61 bits per heavy atom. The Morgan fingerprint density at radius 3 is 2.30 bits per heavy atom. The Balaban J connectivity index is 1.80. The Hall–Kier alpha value is -3.11. The molecule has 1 aliphatic rings. The molecule has 0 radical (unpaired) electrons. The van der Waals surface area contributed by atoms with Crippen LogP contribution >= 0.6 is 28.6 Å². The van der Waals surface area contributed by atoms with E-state index in [4.69, 9.17) is 0 Å². The highest BCUT2D eigenvalue weighted by atomic mass is 79.9. The predicted molar refractivity (Wildman–Crippen MR) is 135 cm³/mol. The number of rotatable bonds is 3. The quantitative estimate of drug-likeness (QED) is 0.256. The first kappa shape index (κ1) is 21.7. The third-order valence-corrected chi connectivity index (χ3v) is 7.10. The first-order valence-corrected chi connectivity index (χ1v) is 11.8. The average molecular weight is 515 g/mol. The van der Waals surface area contributed by atoms with Crippen LogP contribution in [0.1, 0.15) is 23.1 Å². The molecule has 0 saturated heterocycles. The highest BCUT2D eigenvalue weighted by Crippen LogP contribution is 2.47. The second-order valence-corrected chi connectivity index (χ2v) is 9.49. The highest BCUT2D eigenvalue weighted by Gasteiger charge is 2.55. The summed E-state index contributed by atoms with van der Waals surface area (Å²) in [4.78, 5) is 0. The molecule has 162 valence electrons. The van der Waals surface area contributed by atoms with Gasteiger partial charge < -0.3 is 10.4 Å². The topological polar surface area (TPSA) is 59.9 Å². The minimum absolute atomic E-state index is 0.370. The first-order chi connectivity index (χ1) is 16.0. The van der Waals surface area contributed by atoms with Crippen molar-refractivity contribution in [1.29, 1.82) is 5.26 Å². The lowest BCUT2D eigenvalue weighted by atomic mass is 9.75. The van der Waals surface area contributed by atoms with Gasteiger partial charge in [0, 0.05) is 21.5 Å². The van der Waals surface area contributed by atoms with Gasteiger partial charge in [-0.3, -0.25) is 0 Å². The summed E-state index contributed by atoms with van der Waals surface area (Å²) in [5.41, 5.74) is 0.583. The molecule has 0 bridgehead atoms. The van der Waals surface area contributed by atoms with Gasteiger partial charge in [0.05, 0.1) is 22.6 Å². The lowest BCUT2D eigenvalue weighted by Crippen LogP contribution is -2.62. The van der Waals surface area contributed by atoms with Gasteiger partial charge in [0.1, 0.15) is 0 Å². The molecule has 6 heteroatoms. The van der Waals surface area contributed by atoms with Crippen LogP contribution in [0.5, 0.6) is 0 Å². The molecule has 3 aromatic carbocycles. The zero-order chi connectivity index (χ0) is 23.0. The number of nitriles is 1. The number of nitrogens with zero attached hydrogens (tertiary/aromatic N) is 2. The fourth-order valence-corrected chi connectivity index (χ4v) is 5.28. The smallest absolute Gasteiger partial charge is 0.227 e. The van der Waals surface area contributed by atoms with Crippen molar-refractivity contribution in [3.63, 3.8) is 0 Å². The maximum Gasteiger partial charge on any atom is 0.227 e. The summed E-state index contributed by atoms with van der Waals surface area (Å²) in [6, 6.07) is 29.3. The van der Waals surface area contributed by atoms with Crippen molar-refractivity contribution in [2.45, 2.75) is 17.7 Å². The summed E-state index contributed by atoms with van der Waals surface area (Å²) in [5, 5.41) is 28.1. The Morgan fingerprint density at radius 1 is 0.939 bits per heavy atom. The molecule has 0 amide bonds. The number of benzene rings is 3. The van der Waals surface area contributed by atoms with E-state index in [-0.39, 0.29) is 0 Å². The van der Waals surface area contributed by atoms with E-state index in [0.29, 0.717) is 16.2 Å². The zero-order valence-electron chi connectivity index (χ0n) is 17.6. The number of aliphatic hydroxyl groups is 1. The van der Waals surface area contributed by atoms with Crippen LogP contribution in [-0.2, 0) is 5.72 Å². The predicted octanol–water partition coefficient (Wildman–Crippen LogP) is 5.33. The van der Waals surface area contributed by atoms with Crippen molar-refractivity contribution in [3.05, 3.63) is 124 Å². The van der Waals surface area contributed by atoms with Gasteiger partial charge in [-0.15, -0.1) is 12.6 Å². The molecule has 1 aliphatic heterocycles. The van der Waals surface area contributed by atoms with Crippen LogP contribution in [0.15, 0.2) is 112 Å². The molecule has 0 unspecified atom stereocenters. The van der Waals surface area contributed by atoms with Crippen LogP contribution in [0.4, 0.5) is 0 Å². The minimum Gasteiger partial charge on any atom is -0.362 e. The van der Waals surface area contributed by atoms with Gasteiger partial charge in [-0.1, -0.05) is 76.6 Å². The van der Waals surface area contributed by atoms with E-state index >= 15 is 0 Å². The van der Waals surface area contributed by atoms with Gasteiger partial charge >= 0.3 is 0 Å². The Kier molecular flexibility index (Phi) is 5.71. The van der Waals surface area contributed by atoms with Crippen LogP contribution in [0.2, 0.25) is 0 Å². The average Bonchev–Trinajstić information content (AvgIpc) is 2.84. The van der Waals surface area contributed by atoms with Gasteiger partial charge in [-0.05, 0) is 29.1 Å². The fraction of sp³-hybridized carbons (Fsp3) is 0.111. The molecule has 3 atom stereocenters. The van der Waals surface area contributed by atoms with E-state index < -0.39 is 17.7 Å². The van der Waals surface area contributed by atoms with Crippen LogP contribution in [-0.4, -0.2) is 5.11 Å². The Labute approximate surface area is 206 Å². The molecule has 0 fully saturated rings. The van der Waals surface area contributed by atoms with Crippen molar-refractivity contribution in [2.24, 2.45) is 0 Å². The summed E-state index contributed by atoms with van der Waals surface area (Å²) < 4.78 is 2.95. The SMILES string of the molecule is N#CC1=C(S)N[C@](O)(c2ccccc2)[C@@H]([n+]2ccc3ccccc3c2)[C@@H]1c1ccc(Br)cc1. The number of pyridine rings is 1. The molecule has 4 nitrogen and oxygen atoms in total. The number of hydrogen-bond donors (Lipinski definition) is 3. The van der Waals surface area contributed by atoms with Gasteiger partial charge in [0.15, 0.2) is 12.4 Å². The summed E-state index contributed by atoms with van der Waals surface area (Å²) >= 11 is 8.11. The summed E-state index contributed by atoms with van der Waals surface area (Å²) in [6.45, 7) is 0. The third-order valence-electron chi connectivity index (χ3n) is 6.21. The van der Waals surface area contributed by atoms with Gasteiger partial charge in [-0.2, -0.15) is 9.83 Å². The normalized spacial score (nSPS) is 22.6. The second kappa shape index (κ2) is 8.68. The third kappa shape index (κ3) is 3.83. The molecule has 0 spiro atoms. The van der Waals surface area contributed by atoms with E-state index in [1.165, 1.54) is 0 Å². The van der Waals surface area contributed by atoms with E-state index in [1.807, 2.05) is 95.8 Å². The van der Waals surface area contributed by atoms with Crippen molar-refractivity contribution >= 4 is 39.3 Å². The first-order valence-electron chi connectivity index (χ1n) is 10.6. The maximum absolute atomic E-state index is 12.3. The van der Waals surface area contributed by atoms with Crippen molar-refractivity contribution < 1.29 is 9.67 Å². The van der Waals surface area contributed by atoms with E-state index in [0.717, 1.165) is 20.8 Å². The van der Waals surface area contributed by atoms with Gasteiger partial charge in [0.2, 0.25) is 11.8 Å². The fourth-order valence-electron chi connectivity index (χ4n) is 4.66. The zero-order valence-corrected chi connectivity index (χ0v) is 20.0. The lowest BCUT2D eigenvalue weighted by Gasteiger charge is -2.42. The van der Waals surface area contributed by atoms with Crippen molar-refractivity contribution in [2.75, 3.05) is 0 Å².